The lowest BCUT2D eigenvalue weighted by molar-refractivity contribution is -0.127. The summed E-state index contributed by atoms with van der Waals surface area (Å²) >= 11 is 0. The van der Waals surface area contributed by atoms with Crippen molar-refractivity contribution in [3.05, 3.63) is 29.8 Å². The Labute approximate surface area is 102 Å². The number of nitrogens with one attached hydrogen (secondary N) is 1. The van der Waals surface area contributed by atoms with Gasteiger partial charge < -0.3 is 15.8 Å². The molecule has 1 aromatic rings. The number of hydrogen-bond acceptors (Lipinski definition) is 3. The number of nitrogens with two attached hydrogens (primary N) is 1. The highest BCUT2D eigenvalue weighted by molar-refractivity contribution is 5.80. The fraction of sp³-hybridized carbons (Fsp3) is 0.462. The van der Waals surface area contributed by atoms with Crippen molar-refractivity contribution in [3.63, 3.8) is 0 Å². The second kappa shape index (κ2) is 6.91. The maximum atomic E-state index is 11.6. The molecule has 3 N–H and O–H groups in total. The maximum absolute atomic E-state index is 11.6. The van der Waals surface area contributed by atoms with E-state index in [1.165, 1.54) is 0 Å². The van der Waals surface area contributed by atoms with Crippen molar-refractivity contribution in [2.24, 2.45) is 5.73 Å². The second-order valence-electron chi connectivity index (χ2n) is 3.80. The number of amides is 1. The number of carbonyl (C=O) groups is 1. The molecule has 1 amide bonds. The molecule has 0 spiro atoms. The molecule has 0 fully saturated rings. The van der Waals surface area contributed by atoms with Gasteiger partial charge in [-0.3, -0.25) is 4.79 Å². The van der Waals surface area contributed by atoms with E-state index in [1.54, 1.807) is 6.92 Å². The van der Waals surface area contributed by atoms with E-state index in [1.807, 2.05) is 31.2 Å². The minimum atomic E-state index is -0.492. The van der Waals surface area contributed by atoms with E-state index in [4.69, 9.17) is 10.5 Å². The Morgan fingerprint density at radius 3 is 2.82 bits per heavy atom. The van der Waals surface area contributed by atoms with Crippen LogP contribution in [-0.2, 0) is 11.2 Å². The van der Waals surface area contributed by atoms with Gasteiger partial charge in [-0.1, -0.05) is 18.2 Å². The van der Waals surface area contributed by atoms with E-state index in [0.717, 1.165) is 17.7 Å². The fourth-order valence-electron chi connectivity index (χ4n) is 1.54. The zero-order valence-corrected chi connectivity index (χ0v) is 10.4. The van der Waals surface area contributed by atoms with Gasteiger partial charge >= 0.3 is 0 Å². The van der Waals surface area contributed by atoms with Crippen LogP contribution in [0.1, 0.15) is 19.4 Å². The molecule has 1 unspecified atom stereocenters. The van der Waals surface area contributed by atoms with Crippen LogP contribution in [0.25, 0.3) is 0 Å². The second-order valence-corrected chi connectivity index (χ2v) is 3.80. The van der Waals surface area contributed by atoms with E-state index in [2.05, 4.69) is 5.32 Å². The van der Waals surface area contributed by atoms with Crippen molar-refractivity contribution in [1.82, 2.24) is 5.32 Å². The molecule has 17 heavy (non-hydrogen) atoms. The van der Waals surface area contributed by atoms with E-state index in [9.17, 15) is 4.79 Å². The van der Waals surface area contributed by atoms with Crippen molar-refractivity contribution in [2.75, 3.05) is 13.1 Å². The highest BCUT2D eigenvalue weighted by Crippen LogP contribution is 2.19. The summed E-state index contributed by atoms with van der Waals surface area (Å²) in [6.45, 7) is 4.80. The normalized spacial score (nSPS) is 11.9. The number of ether oxygens (including phenoxy) is 1. The highest BCUT2D eigenvalue weighted by atomic mass is 16.5. The van der Waals surface area contributed by atoms with Gasteiger partial charge in [0.05, 0.1) is 0 Å². The minimum absolute atomic E-state index is 0.102. The number of benzene rings is 1. The molecular formula is C13H20N2O2. The zero-order valence-electron chi connectivity index (χ0n) is 10.4. The maximum Gasteiger partial charge on any atom is 0.260 e. The third-order valence-corrected chi connectivity index (χ3v) is 2.41. The van der Waals surface area contributed by atoms with Crippen molar-refractivity contribution >= 4 is 5.91 Å². The summed E-state index contributed by atoms with van der Waals surface area (Å²) in [5.74, 6) is 0.631. The van der Waals surface area contributed by atoms with Gasteiger partial charge in [0, 0.05) is 6.54 Å². The van der Waals surface area contributed by atoms with Crippen molar-refractivity contribution < 1.29 is 9.53 Å². The molecule has 0 radical (unpaired) electrons. The number of rotatable bonds is 6. The first-order valence-electron chi connectivity index (χ1n) is 5.91. The first-order chi connectivity index (χ1) is 8.19. The van der Waals surface area contributed by atoms with E-state index < -0.39 is 6.10 Å². The number of carbonyl (C=O) groups excluding carboxylic acids is 1. The SMILES string of the molecule is CCNC(=O)C(C)Oc1ccccc1CCN. The third kappa shape index (κ3) is 4.07. The number of hydrogen-bond donors (Lipinski definition) is 2. The summed E-state index contributed by atoms with van der Waals surface area (Å²) in [5, 5.41) is 2.73. The van der Waals surface area contributed by atoms with Crippen molar-refractivity contribution in [2.45, 2.75) is 26.4 Å². The molecule has 0 aliphatic carbocycles. The van der Waals surface area contributed by atoms with Crippen LogP contribution >= 0.6 is 0 Å². The molecule has 0 aliphatic heterocycles. The molecule has 1 aromatic carbocycles. The van der Waals surface area contributed by atoms with E-state index >= 15 is 0 Å². The Kier molecular flexibility index (Phi) is 5.49. The average Bonchev–Trinajstić information content (AvgIpc) is 2.32. The first-order valence-corrected chi connectivity index (χ1v) is 5.91. The van der Waals surface area contributed by atoms with Crippen LogP contribution < -0.4 is 15.8 Å². The molecule has 0 bridgehead atoms. The third-order valence-electron chi connectivity index (χ3n) is 2.41. The molecule has 0 saturated carbocycles. The lowest BCUT2D eigenvalue weighted by atomic mass is 10.1. The van der Waals surface area contributed by atoms with Crippen LogP contribution in [0.2, 0.25) is 0 Å². The monoisotopic (exact) mass is 236 g/mol. The molecule has 0 saturated heterocycles. The molecular weight excluding hydrogens is 216 g/mol. The minimum Gasteiger partial charge on any atom is -0.481 e. The summed E-state index contributed by atoms with van der Waals surface area (Å²) in [4.78, 5) is 11.6. The number of para-hydroxylation sites is 1. The van der Waals surface area contributed by atoms with Crippen LogP contribution in [0, 0.1) is 0 Å². The predicted molar refractivity (Wildman–Crippen MR) is 68.0 cm³/mol. The standard InChI is InChI=1S/C13H20N2O2/c1-3-15-13(16)10(2)17-12-7-5-4-6-11(12)8-9-14/h4-7,10H,3,8-9,14H2,1-2H3,(H,15,16). The van der Waals surface area contributed by atoms with Crippen LogP contribution in [-0.4, -0.2) is 25.1 Å². The van der Waals surface area contributed by atoms with Crippen LogP contribution in [0.4, 0.5) is 0 Å². The molecule has 0 aromatic heterocycles. The Hall–Kier alpha value is -1.55. The lowest BCUT2D eigenvalue weighted by Gasteiger charge is -2.16. The Bertz CT molecular complexity index is 366. The largest absolute Gasteiger partial charge is 0.481 e. The molecule has 1 atom stereocenters. The van der Waals surface area contributed by atoms with Crippen molar-refractivity contribution in [3.8, 4) is 5.75 Å². The molecule has 1 rings (SSSR count). The Morgan fingerprint density at radius 2 is 2.18 bits per heavy atom. The average molecular weight is 236 g/mol. The fourth-order valence-corrected chi connectivity index (χ4v) is 1.54. The summed E-state index contributed by atoms with van der Waals surface area (Å²) in [7, 11) is 0. The van der Waals surface area contributed by atoms with Gasteiger partial charge in [0.25, 0.3) is 5.91 Å². The Balaban J connectivity index is 2.70. The van der Waals surface area contributed by atoms with Crippen LogP contribution in [0.5, 0.6) is 5.75 Å². The van der Waals surface area contributed by atoms with Gasteiger partial charge in [0.15, 0.2) is 6.10 Å². The smallest absolute Gasteiger partial charge is 0.260 e. The van der Waals surface area contributed by atoms with Gasteiger partial charge in [0.2, 0.25) is 0 Å². The summed E-state index contributed by atoms with van der Waals surface area (Å²) < 4.78 is 5.64. The predicted octanol–water partition coefficient (Wildman–Crippen LogP) is 1.09. The van der Waals surface area contributed by atoms with Gasteiger partial charge in [0.1, 0.15) is 5.75 Å². The summed E-state index contributed by atoms with van der Waals surface area (Å²) in [5.41, 5.74) is 6.57. The molecule has 4 nitrogen and oxygen atoms in total. The van der Waals surface area contributed by atoms with E-state index in [-0.39, 0.29) is 5.91 Å². The topological polar surface area (TPSA) is 64.3 Å². The quantitative estimate of drug-likeness (QED) is 0.777. The highest BCUT2D eigenvalue weighted by Gasteiger charge is 2.14. The molecule has 4 heteroatoms. The molecule has 0 aliphatic rings. The summed E-state index contributed by atoms with van der Waals surface area (Å²) in [6, 6.07) is 7.65. The van der Waals surface area contributed by atoms with Gasteiger partial charge in [-0.05, 0) is 38.4 Å². The van der Waals surface area contributed by atoms with Gasteiger partial charge in [-0.25, -0.2) is 0 Å². The molecule has 0 heterocycles. The summed E-state index contributed by atoms with van der Waals surface area (Å²) in [6.07, 6.45) is 0.257. The van der Waals surface area contributed by atoms with E-state index in [0.29, 0.717) is 13.1 Å². The number of likely N-dealkylation sites (N-methyl/N-ethyl adjacent to an activating group) is 1. The van der Waals surface area contributed by atoms with Crippen LogP contribution in [0.15, 0.2) is 24.3 Å². The molecule has 94 valence electrons. The lowest BCUT2D eigenvalue weighted by Crippen LogP contribution is -2.36. The first kappa shape index (κ1) is 13.5. The van der Waals surface area contributed by atoms with Crippen molar-refractivity contribution in [1.29, 1.82) is 0 Å². The van der Waals surface area contributed by atoms with Gasteiger partial charge in [-0.15, -0.1) is 0 Å². The Morgan fingerprint density at radius 1 is 1.47 bits per heavy atom. The zero-order chi connectivity index (χ0) is 12.7. The van der Waals surface area contributed by atoms with Gasteiger partial charge in [-0.2, -0.15) is 0 Å². The van der Waals surface area contributed by atoms with Crippen LogP contribution in [0.3, 0.4) is 0 Å².